The Balaban J connectivity index is 1.38. The van der Waals surface area contributed by atoms with Crippen molar-refractivity contribution >= 4 is 39.8 Å². The van der Waals surface area contributed by atoms with Crippen molar-refractivity contribution in [1.29, 1.82) is 0 Å². The molecule has 2 aliphatic rings. The zero-order valence-corrected chi connectivity index (χ0v) is 20.4. The number of anilines is 2. The van der Waals surface area contributed by atoms with E-state index in [2.05, 4.69) is 52.5 Å². The predicted octanol–water partition coefficient (Wildman–Crippen LogP) is 6.48. The van der Waals surface area contributed by atoms with E-state index in [1.54, 1.807) is 0 Å². The molecule has 1 aromatic heterocycles. The summed E-state index contributed by atoms with van der Waals surface area (Å²) in [6, 6.07) is 7.14. The average molecular weight is 459 g/mol. The first kappa shape index (κ1) is 22.6. The van der Waals surface area contributed by atoms with E-state index in [0.29, 0.717) is 23.7 Å². The largest absolute Gasteiger partial charge is 0.336 e. The Kier molecular flexibility index (Phi) is 7.88. The molecule has 1 aromatic carbocycles. The van der Waals surface area contributed by atoms with Gasteiger partial charge in [-0.2, -0.15) is 0 Å². The summed E-state index contributed by atoms with van der Waals surface area (Å²) in [4.78, 5) is 15.6. The van der Waals surface area contributed by atoms with Gasteiger partial charge in [0, 0.05) is 17.8 Å². The van der Waals surface area contributed by atoms with Crippen LogP contribution in [-0.4, -0.2) is 38.8 Å². The SMILES string of the molecule is Cc1cccc(C)c1Nc1nnc(SCC(=O)N(C2CCCCC2)C2CCCCC2)s1. The summed E-state index contributed by atoms with van der Waals surface area (Å²) in [6.07, 6.45) is 12.4. The monoisotopic (exact) mass is 458 g/mol. The third-order valence-electron chi connectivity index (χ3n) is 6.66. The Morgan fingerprint density at radius 1 is 1.00 bits per heavy atom. The van der Waals surface area contributed by atoms with Crippen LogP contribution in [0.15, 0.2) is 22.5 Å². The molecule has 2 saturated carbocycles. The molecule has 0 radical (unpaired) electrons. The number of nitrogens with one attached hydrogen (secondary N) is 1. The van der Waals surface area contributed by atoms with Gasteiger partial charge in [0.05, 0.1) is 5.75 Å². The summed E-state index contributed by atoms with van der Waals surface area (Å²) in [6.45, 7) is 4.19. The molecule has 1 amide bonds. The van der Waals surface area contributed by atoms with Gasteiger partial charge in [-0.15, -0.1) is 10.2 Å². The van der Waals surface area contributed by atoms with Gasteiger partial charge in [-0.25, -0.2) is 0 Å². The number of nitrogens with zero attached hydrogens (tertiary/aromatic N) is 3. The van der Waals surface area contributed by atoms with Gasteiger partial charge in [0.15, 0.2) is 4.34 Å². The Morgan fingerprint density at radius 3 is 2.16 bits per heavy atom. The number of aromatic nitrogens is 2. The molecule has 1 N–H and O–H groups in total. The fourth-order valence-electron chi connectivity index (χ4n) is 5.06. The molecule has 0 spiro atoms. The minimum Gasteiger partial charge on any atom is -0.336 e. The molecular formula is C24H34N4OS2. The maximum absolute atomic E-state index is 13.3. The van der Waals surface area contributed by atoms with Crippen LogP contribution in [0, 0.1) is 13.8 Å². The standard InChI is InChI=1S/C24H34N4OS2/c1-17-10-9-11-18(2)22(17)25-23-26-27-24(31-23)30-16-21(29)28(19-12-5-3-6-13-19)20-14-7-4-8-15-20/h9-11,19-20H,3-8,12-16H2,1-2H3,(H,25,26). The van der Waals surface area contributed by atoms with E-state index in [4.69, 9.17) is 0 Å². The fraction of sp³-hybridized carbons (Fsp3) is 0.625. The molecule has 1 heterocycles. The number of hydrogen-bond acceptors (Lipinski definition) is 6. The molecule has 2 aliphatic carbocycles. The van der Waals surface area contributed by atoms with E-state index in [-0.39, 0.29) is 0 Å². The minimum absolute atomic E-state index is 0.295. The number of carbonyl (C=O) groups is 1. The molecule has 4 rings (SSSR count). The molecule has 0 atom stereocenters. The molecular weight excluding hydrogens is 424 g/mol. The molecule has 2 fully saturated rings. The molecule has 0 bridgehead atoms. The van der Waals surface area contributed by atoms with Crippen molar-refractivity contribution in [1.82, 2.24) is 15.1 Å². The van der Waals surface area contributed by atoms with E-state index in [1.807, 2.05) is 0 Å². The van der Waals surface area contributed by atoms with Gasteiger partial charge in [-0.05, 0) is 50.7 Å². The van der Waals surface area contributed by atoms with Crippen LogP contribution in [0.4, 0.5) is 10.8 Å². The smallest absolute Gasteiger partial charge is 0.233 e. The second-order valence-corrected chi connectivity index (χ2v) is 11.1. The van der Waals surface area contributed by atoms with Gasteiger partial charge in [-0.3, -0.25) is 4.79 Å². The Morgan fingerprint density at radius 2 is 1.58 bits per heavy atom. The van der Waals surface area contributed by atoms with Crippen LogP contribution in [-0.2, 0) is 4.79 Å². The number of benzene rings is 1. The Labute approximate surface area is 194 Å². The van der Waals surface area contributed by atoms with Crippen molar-refractivity contribution in [3.63, 3.8) is 0 Å². The summed E-state index contributed by atoms with van der Waals surface area (Å²) in [5.41, 5.74) is 3.47. The maximum Gasteiger partial charge on any atom is 0.233 e. The number of aryl methyl sites for hydroxylation is 2. The molecule has 7 heteroatoms. The highest BCUT2D eigenvalue weighted by atomic mass is 32.2. The van der Waals surface area contributed by atoms with Crippen molar-refractivity contribution in [2.24, 2.45) is 0 Å². The quantitative estimate of drug-likeness (QED) is 0.481. The van der Waals surface area contributed by atoms with E-state index in [0.717, 1.165) is 15.2 Å². The lowest BCUT2D eigenvalue weighted by Gasteiger charge is -2.41. The van der Waals surface area contributed by atoms with E-state index in [1.165, 1.54) is 98.4 Å². The Hall–Kier alpha value is -1.60. The molecule has 5 nitrogen and oxygen atoms in total. The van der Waals surface area contributed by atoms with Crippen LogP contribution in [0.2, 0.25) is 0 Å². The first-order chi connectivity index (χ1) is 15.1. The number of carbonyl (C=O) groups excluding carboxylic acids is 1. The van der Waals surface area contributed by atoms with Crippen molar-refractivity contribution in [2.75, 3.05) is 11.1 Å². The van der Waals surface area contributed by atoms with E-state index < -0.39 is 0 Å². The van der Waals surface area contributed by atoms with Gasteiger partial charge in [-0.1, -0.05) is 79.8 Å². The van der Waals surface area contributed by atoms with Crippen molar-refractivity contribution in [3.8, 4) is 0 Å². The third kappa shape index (κ3) is 5.80. The normalized spacial score (nSPS) is 18.1. The second kappa shape index (κ2) is 10.8. The van der Waals surface area contributed by atoms with Crippen LogP contribution < -0.4 is 5.32 Å². The average Bonchev–Trinajstić information content (AvgIpc) is 3.24. The fourth-order valence-corrected chi connectivity index (χ4v) is 6.68. The number of amides is 1. The van der Waals surface area contributed by atoms with E-state index in [9.17, 15) is 4.79 Å². The minimum atomic E-state index is 0.295. The van der Waals surface area contributed by atoms with Gasteiger partial charge < -0.3 is 10.2 Å². The van der Waals surface area contributed by atoms with Crippen LogP contribution in [0.1, 0.15) is 75.3 Å². The zero-order chi connectivity index (χ0) is 21.6. The highest BCUT2D eigenvalue weighted by Gasteiger charge is 2.32. The van der Waals surface area contributed by atoms with Crippen LogP contribution >= 0.6 is 23.1 Å². The lowest BCUT2D eigenvalue weighted by molar-refractivity contribution is -0.135. The van der Waals surface area contributed by atoms with E-state index >= 15 is 0 Å². The Bertz CT molecular complexity index is 834. The first-order valence-corrected chi connectivity index (χ1v) is 13.5. The zero-order valence-electron chi connectivity index (χ0n) is 18.7. The van der Waals surface area contributed by atoms with Crippen LogP contribution in [0.5, 0.6) is 0 Å². The van der Waals surface area contributed by atoms with Crippen molar-refractivity contribution < 1.29 is 4.79 Å². The number of hydrogen-bond donors (Lipinski definition) is 1. The molecule has 0 aliphatic heterocycles. The summed E-state index contributed by atoms with van der Waals surface area (Å²) in [5, 5.41) is 12.8. The van der Waals surface area contributed by atoms with Gasteiger partial charge in [0.25, 0.3) is 0 Å². The van der Waals surface area contributed by atoms with Gasteiger partial charge in [0.2, 0.25) is 11.0 Å². The molecule has 0 unspecified atom stereocenters. The lowest BCUT2D eigenvalue weighted by atomic mass is 9.88. The van der Waals surface area contributed by atoms with Crippen LogP contribution in [0.25, 0.3) is 0 Å². The topological polar surface area (TPSA) is 58.1 Å². The third-order valence-corrected chi connectivity index (χ3v) is 8.62. The highest BCUT2D eigenvalue weighted by molar-refractivity contribution is 8.01. The number of para-hydroxylation sites is 1. The predicted molar refractivity (Wildman–Crippen MR) is 130 cm³/mol. The summed E-state index contributed by atoms with van der Waals surface area (Å²) in [7, 11) is 0. The molecule has 168 valence electrons. The van der Waals surface area contributed by atoms with Crippen molar-refractivity contribution in [2.45, 2.75) is 94.5 Å². The molecule has 31 heavy (non-hydrogen) atoms. The molecule has 0 saturated heterocycles. The summed E-state index contributed by atoms with van der Waals surface area (Å²) < 4.78 is 0.856. The number of thioether (sulfide) groups is 1. The van der Waals surface area contributed by atoms with Gasteiger partial charge in [0.1, 0.15) is 0 Å². The molecule has 2 aromatic rings. The highest BCUT2D eigenvalue weighted by Crippen LogP contribution is 2.33. The van der Waals surface area contributed by atoms with Crippen molar-refractivity contribution in [3.05, 3.63) is 29.3 Å². The summed E-state index contributed by atoms with van der Waals surface area (Å²) in [5.74, 6) is 0.758. The van der Waals surface area contributed by atoms with Gasteiger partial charge >= 0.3 is 0 Å². The first-order valence-electron chi connectivity index (χ1n) is 11.7. The number of rotatable bonds is 7. The second-order valence-electron chi connectivity index (χ2n) is 8.94. The maximum atomic E-state index is 13.3. The lowest BCUT2D eigenvalue weighted by Crippen LogP contribution is -2.49. The summed E-state index contributed by atoms with van der Waals surface area (Å²) >= 11 is 3.07. The van der Waals surface area contributed by atoms with Crippen LogP contribution in [0.3, 0.4) is 0 Å².